The average molecular weight is 554 g/mol. The van der Waals surface area contributed by atoms with Crippen LogP contribution >= 0.6 is 0 Å². The first-order valence-electron chi connectivity index (χ1n) is 11.8. The summed E-state index contributed by atoms with van der Waals surface area (Å²) in [6.45, 7) is 0.917. The molecular weight excluding hydrogens is 530 g/mol. The van der Waals surface area contributed by atoms with Crippen molar-refractivity contribution in [3.8, 4) is 0 Å². The van der Waals surface area contributed by atoms with Gasteiger partial charge in [0.15, 0.2) is 4.91 Å². The minimum atomic E-state index is -4.52. The minimum absolute atomic E-state index is 0.0181. The van der Waals surface area contributed by atoms with Gasteiger partial charge in [0, 0.05) is 42.3 Å². The summed E-state index contributed by atoms with van der Waals surface area (Å²) < 4.78 is 57.0. The molecule has 3 aromatic rings. The van der Waals surface area contributed by atoms with Gasteiger partial charge in [-0.25, -0.2) is 31.5 Å². The van der Waals surface area contributed by atoms with Crippen LogP contribution in [-0.2, 0) is 20.0 Å². The van der Waals surface area contributed by atoms with Crippen molar-refractivity contribution < 1.29 is 26.4 Å². The Morgan fingerprint density at radius 3 is 1.92 bits per heavy atom. The Labute approximate surface area is 219 Å². The lowest BCUT2D eigenvalue weighted by atomic mass is 9.91. The molecule has 0 radical (unpaired) electrons. The van der Waals surface area contributed by atoms with Crippen LogP contribution in [0.25, 0.3) is 0 Å². The van der Waals surface area contributed by atoms with E-state index in [0.29, 0.717) is 13.1 Å². The molecule has 1 fully saturated rings. The number of sulfonamides is 2. The van der Waals surface area contributed by atoms with Crippen LogP contribution in [0.15, 0.2) is 82.5 Å². The SMILES string of the molecule is O=C1C(N2CCCCC2)=C(S(=O)(=O)Nc2ccc(S(=O)(=O)Nc3ncccn3)cc2)C(=O)c2ccccc21. The Morgan fingerprint density at radius 1 is 0.684 bits per heavy atom. The smallest absolute Gasteiger partial charge is 0.268 e. The third-order valence-corrected chi connectivity index (χ3v) is 8.97. The first-order chi connectivity index (χ1) is 18.2. The number of piperidine rings is 1. The molecule has 5 rings (SSSR count). The van der Waals surface area contributed by atoms with Crippen LogP contribution in [0.5, 0.6) is 0 Å². The standard InChI is InChI=1S/C25H23N5O6S2/c31-22-19-7-2-3-8-20(19)23(32)24(21(22)30-15-4-1-5-16-30)38(35,36)28-17-9-11-18(12-10-17)37(33,34)29-25-26-13-6-14-27-25/h2-3,6-14,28H,1,4-5,15-16H2,(H,26,27,29). The van der Waals surface area contributed by atoms with Crippen molar-refractivity contribution in [2.45, 2.75) is 24.2 Å². The third kappa shape index (κ3) is 4.89. The number of allylic oxidation sites excluding steroid dienone is 2. The van der Waals surface area contributed by atoms with Crippen molar-refractivity contribution in [1.29, 1.82) is 0 Å². The van der Waals surface area contributed by atoms with E-state index in [9.17, 15) is 26.4 Å². The predicted molar refractivity (Wildman–Crippen MR) is 139 cm³/mol. The van der Waals surface area contributed by atoms with E-state index in [1.807, 2.05) is 0 Å². The second-order valence-corrected chi connectivity index (χ2v) is 12.0. The molecule has 38 heavy (non-hydrogen) atoms. The average Bonchev–Trinajstić information content (AvgIpc) is 2.91. The maximum Gasteiger partial charge on any atom is 0.268 e. The molecule has 13 heteroatoms. The quantitative estimate of drug-likeness (QED) is 0.449. The fourth-order valence-electron chi connectivity index (χ4n) is 4.43. The highest BCUT2D eigenvalue weighted by Gasteiger charge is 2.41. The number of carbonyl (C=O) groups excluding carboxylic acids is 2. The molecule has 2 aliphatic rings. The van der Waals surface area contributed by atoms with Gasteiger partial charge in [-0.3, -0.25) is 14.3 Å². The lowest BCUT2D eigenvalue weighted by Gasteiger charge is -2.33. The molecule has 0 atom stereocenters. The van der Waals surface area contributed by atoms with Gasteiger partial charge in [-0.05, 0) is 49.6 Å². The molecule has 1 aliphatic heterocycles. The number of ketones is 2. The molecular formula is C25H23N5O6S2. The normalized spacial score (nSPS) is 16.3. The van der Waals surface area contributed by atoms with Crippen LogP contribution in [0, 0.1) is 0 Å². The van der Waals surface area contributed by atoms with E-state index in [-0.39, 0.29) is 33.4 Å². The minimum Gasteiger partial charge on any atom is -0.367 e. The number of nitrogens with one attached hydrogen (secondary N) is 2. The van der Waals surface area contributed by atoms with Crippen LogP contribution in [0.3, 0.4) is 0 Å². The van der Waals surface area contributed by atoms with E-state index in [1.54, 1.807) is 17.0 Å². The summed E-state index contributed by atoms with van der Waals surface area (Å²) in [5, 5.41) is 0. The van der Waals surface area contributed by atoms with Gasteiger partial charge in [-0.1, -0.05) is 24.3 Å². The molecule has 11 nitrogen and oxygen atoms in total. The molecule has 2 N–H and O–H groups in total. The Kier molecular flexibility index (Phi) is 6.71. The Balaban J connectivity index is 1.48. The fraction of sp³-hybridized carbons (Fsp3) is 0.200. The van der Waals surface area contributed by atoms with Gasteiger partial charge < -0.3 is 4.90 Å². The number of benzene rings is 2. The monoisotopic (exact) mass is 553 g/mol. The number of aromatic nitrogens is 2. The van der Waals surface area contributed by atoms with Crippen molar-refractivity contribution in [1.82, 2.24) is 14.9 Å². The highest BCUT2D eigenvalue weighted by molar-refractivity contribution is 7.97. The molecule has 0 spiro atoms. The summed E-state index contributed by atoms with van der Waals surface area (Å²) in [4.78, 5) is 35.5. The molecule has 2 aromatic carbocycles. The Hall–Kier alpha value is -4.10. The summed E-state index contributed by atoms with van der Waals surface area (Å²) in [6, 6.07) is 12.6. The zero-order chi connectivity index (χ0) is 26.9. The van der Waals surface area contributed by atoms with Crippen molar-refractivity contribution in [3.63, 3.8) is 0 Å². The predicted octanol–water partition coefficient (Wildman–Crippen LogP) is 2.80. The molecule has 0 saturated carbocycles. The van der Waals surface area contributed by atoms with Gasteiger partial charge >= 0.3 is 0 Å². The van der Waals surface area contributed by atoms with Crippen LogP contribution in [0.2, 0.25) is 0 Å². The molecule has 0 amide bonds. The first kappa shape index (κ1) is 25.5. The number of anilines is 2. The Morgan fingerprint density at radius 2 is 1.29 bits per heavy atom. The lowest BCUT2D eigenvalue weighted by molar-refractivity contribution is 0.0939. The van der Waals surface area contributed by atoms with Gasteiger partial charge in [0.2, 0.25) is 17.5 Å². The van der Waals surface area contributed by atoms with Crippen LogP contribution in [0.1, 0.15) is 40.0 Å². The van der Waals surface area contributed by atoms with Crippen LogP contribution < -0.4 is 9.44 Å². The van der Waals surface area contributed by atoms with E-state index >= 15 is 0 Å². The maximum atomic E-state index is 13.6. The molecule has 1 aromatic heterocycles. The number of fused-ring (bicyclic) bond motifs is 1. The van der Waals surface area contributed by atoms with Crippen molar-refractivity contribution in [3.05, 3.63) is 88.7 Å². The molecule has 2 heterocycles. The summed E-state index contributed by atoms with van der Waals surface area (Å²) in [6.07, 6.45) is 5.25. The molecule has 196 valence electrons. The van der Waals surface area contributed by atoms with E-state index in [0.717, 1.165) is 19.3 Å². The number of nitrogens with zero attached hydrogens (tertiary/aromatic N) is 3. The molecule has 1 aliphatic carbocycles. The van der Waals surface area contributed by atoms with E-state index in [1.165, 1.54) is 54.9 Å². The second kappa shape index (κ2) is 9.99. The van der Waals surface area contributed by atoms with Crippen molar-refractivity contribution in [2.75, 3.05) is 22.5 Å². The van der Waals surface area contributed by atoms with Crippen LogP contribution in [-0.4, -0.2) is 56.4 Å². The van der Waals surface area contributed by atoms with E-state index < -0.39 is 36.5 Å². The first-order valence-corrected chi connectivity index (χ1v) is 14.7. The summed E-state index contributed by atoms with van der Waals surface area (Å²) in [5.41, 5.74) is 0.0763. The summed E-state index contributed by atoms with van der Waals surface area (Å²) in [7, 11) is -8.56. The molecule has 0 unspecified atom stereocenters. The van der Waals surface area contributed by atoms with Crippen LogP contribution in [0.4, 0.5) is 11.6 Å². The summed E-state index contributed by atoms with van der Waals surface area (Å²) in [5.74, 6) is -1.40. The van der Waals surface area contributed by atoms with Gasteiger partial charge in [0.25, 0.3) is 20.0 Å². The number of likely N-dealkylation sites (tertiary alicyclic amines) is 1. The number of hydrogen-bond acceptors (Lipinski definition) is 9. The van der Waals surface area contributed by atoms with Crippen molar-refractivity contribution in [2.24, 2.45) is 0 Å². The van der Waals surface area contributed by atoms with Gasteiger partial charge in [-0.15, -0.1) is 0 Å². The fourth-order valence-corrected chi connectivity index (χ4v) is 6.77. The highest BCUT2D eigenvalue weighted by atomic mass is 32.2. The number of carbonyl (C=O) groups is 2. The van der Waals surface area contributed by atoms with E-state index in [2.05, 4.69) is 19.4 Å². The van der Waals surface area contributed by atoms with E-state index in [4.69, 9.17) is 0 Å². The van der Waals surface area contributed by atoms with Gasteiger partial charge in [0.1, 0.15) is 5.70 Å². The Bertz CT molecular complexity index is 1650. The number of Topliss-reactive ketones (excluding diaryl/α,β-unsaturated/α-hetero) is 2. The molecule has 0 bridgehead atoms. The lowest BCUT2D eigenvalue weighted by Crippen LogP contribution is -2.40. The topological polar surface area (TPSA) is 156 Å². The second-order valence-electron chi connectivity index (χ2n) is 8.74. The zero-order valence-electron chi connectivity index (χ0n) is 20.0. The van der Waals surface area contributed by atoms with Crippen molar-refractivity contribution >= 4 is 43.2 Å². The number of rotatable bonds is 7. The summed E-state index contributed by atoms with van der Waals surface area (Å²) >= 11 is 0. The largest absolute Gasteiger partial charge is 0.367 e. The number of hydrogen-bond donors (Lipinski definition) is 2. The molecule has 1 saturated heterocycles. The zero-order valence-corrected chi connectivity index (χ0v) is 21.6. The highest BCUT2D eigenvalue weighted by Crippen LogP contribution is 2.33. The van der Waals surface area contributed by atoms with Gasteiger partial charge in [-0.2, -0.15) is 0 Å². The van der Waals surface area contributed by atoms with Gasteiger partial charge in [0.05, 0.1) is 4.90 Å². The third-order valence-electron chi connectivity index (χ3n) is 6.20. The maximum absolute atomic E-state index is 13.6.